The topological polar surface area (TPSA) is 87.7 Å². The third-order valence-corrected chi connectivity index (χ3v) is 4.39. The normalized spacial score (nSPS) is 16.4. The van der Waals surface area contributed by atoms with Crippen LogP contribution in [-0.4, -0.2) is 53.0 Å². The molecule has 1 aromatic heterocycles. The molecular formula is C18H23N3O4. The summed E-state index contributed by atoms with van der Waals surface area (Å²) in [5, 5.41) is 17.1. The molecule has 134 valence electrons. The predicted octanol–water partition coefficient (Wildman–Crippen LogP) is 2.40. The molecule has 1 aliphatic heterocycles. The van der Waals surface area contributed by atoms with Gasteiger partial charge in [-0.1, -0.05) is 6.07 Å². The molecule has 1 aliphatic rings. The first-order chi connectivity index (χ1) is 12.1. The molecular weight excluding hydrogens is 322 g/mol. The van der Waals surface area contributed by atoms with E-state index in [0.717, 1.165) is 23.2 Å². The summed E-state index contributed by atoms with van der Waals surface area (Å²) in [6, 6.07) is 4.96. The number of nitrogens with one attached hydrogen (secondary N) is 1. The van der Waals surface area contributed by atoms with Gasteiger partial charge in [-0.2, -0.15) is 5.10 Å². The number of fused-ring (bicyclic) bond motifs is 1. The number of aromatic nitrogens is 2. The monoisotopic (exact) mass is 345 g/mol. The fourth-order valence-electron chi connectivity index (χ4n) is 3.27. The smallest absolute Gasteiger partial charge is 0.275 e. The van der Waals surface area contributed by atoms with Crippen LogP contribution in [0.2, 0.25) is 0 Å². The maximum atomic E-state index is 12.8. The summed E-state index contributed by atoms with van der Waals surface area (Å²) >= 11 is 0. The third kappa shape index (κ3) is 3.07. The lowest BCUT2D eigenvalue weighted by Gasteiger charge is -2.26. The summed E-state index contributed by atoms with van der Waals surface area (Å²) in [6.07, 6.45) is 0.738. The molecule has 1 aromatic carbocycles. The Hall–Kier alpha value is -2.54. The second kappa shape index (κ2) is 7.14. The number of aromatic hydroxyl groups is 1. The number of carbonyl (C=O) groups is 1. The minimum Gasteiger partial charge on any atom is -0.504 e. The van der Waals surface area contributed by atoms with Crippen LogP contribution in [0.15, 0.2) is 18.2 Å². The highest BCUT2D eigenvalue weighted by Crippen LogP contribution is 2.41. The van der Waals surface area contributed by atoms with Crippen molar-refractivity contribution in [3.8, 4) is 11.5 Å². The van der Waals surface area contributed by atoms with Crippen molar-refractivity contribution in [2.75, 3.05) is 26.9 Å². The lowest BCUT2D eigenvalue weighted by molar-refractivity contribution is 0.0722. The first-order valence-electron chi connectivity index (χ1n) is 8.39. The van der Waals surface area contributed by atoms with Crippen molar-refractivity contribution >= 4 is 5.91 Å². The Morgan fingerprint density at radius 3 is 2.92 bits per heavy atom. The number of methoxy groups -OCH3 is 1. The number of benzene rings is 1. The van der Waals surface area contributed by atoms with Crippen LogP contribution < -0.4 is 4.74 Å². The molecule has 0 bridgehead atoms. The number of hydrogen-bond acceptors (Lipinski definition) is 5. The van der Waals surface area contributed by atoms with Crippen molar-refractivity contribution in [3.05, 3.63) is 40.7 Å². The molecule has 0 spiro atoms. The van der Waals surface area contributed by atoms with Crippen molar-refractivity contribution in [2.45, 2.75) is 26.3 Å². The average molecular weight is 345 g/mol. The number of aromatic amines is 1. The van der Waals surface area contributed by atoms with Crippen LogP contribution in [0.1, 0.15) is 46.7 Å². The summed E-state index contributed by atoms with van der Waals surface area (Å²) in [5.41, 5.74) is 3.10. The lowest BCUT2D eigenvalue weighted by Crippen LogP contribution is -2.31. The Morgan fingerprint density at radius 1 is 1.40 bits per heavy atom. The van der Waals surface area contributed by atoms with Gasteiger partial charge in [0, 0.05) is 31.5 Å². The second-order valence-corrected chi connectivity index (χ2v) is 6.02. The molecule has 0 fully saturated rings. The number of amides is 1. The van der Waals surface area contributed by atoms with Crippen molar-refractivity contribution < 1.29 is 19.4 Å². The molecule has 25 heavy (non-hydrogen) atoms. The molecule has 7 heteroatoms. The molecule has 2 aromatic rings. The third-order valence-electron chi connectivity index (χ3n) is 4.39. The summed E-state index contributed by atoms with van der Waals surface area (Å²) < 4.78 is 10.6. The van der Waals surface area contributed by atoms with Crippen LogP contribution in [-0.2, 0) is 4.74 Å². The molecule has 1 unspecified atom stereocenters. The van der Waals surface area contributed by atoms with E-state index in [2.05, 4.69) is 10.2 Å². The minimum atomic E-state index is -0.252. The number of hydrogen-bond donors (Lipinski definition) is 2. The van der Waals surface area contributed by atoms with Gasteiger partial charge in [-0.25, -0.2) is 0 Å². The lowest BCUT2D eigenvalue weighted by atomic mass is 9.98. The van der Waals surface area contributed by atoms with E-state index in [0.29, 0.717) is 31.2 Å². The van der Waals surface area contributed by atoms with Gasteiger partial charge in [0.05, 0.1) is 12.6 Å². The van der Waals surface area contributed by atoms with Gasteiger partial charge in [-0.05, 0) is 38.0 Å². The van der Waals surface area contributed by atoms with E-state index in [-0.39, 0.29) is 17.7 Å². The van der Waals surface area contributed by atoms with Gasteiger partial charge in [0.15, 0.2) is 17.2 Å². The van der Waals surface area contributed by atoms with Gasteiger partial charge in [-0.3, -0.25) is 9.89 Å². The van der Waals surface area contributed by atoms with E-state index in [4.69, 9.17) is 9.47 Å². The van der Waals surface area contributed by atoms with Crippen molar-refractivity contribution in [2.24, 2.45) is 0 Å². The van der Waals surface area contributed by atoms with Gasteiger partial charge >= 0.3 is 0 Å². The van der Waals surface area contributed by atoms with Crippen LogP contribution in [0, 0.1) is 6.92 Å². The zero-order chi connectivity index (χ0) is 18.0. The van der Waals surface area contributed by atoms with Crippen LogP contribution in [0.25, 0.3) is 0 Å². The van der Waals surface area contributed by atoms with Crippen molar-refractivity contribution in [3.63, 3.8) is 0 Å². The number of H-pyrrole nitrogens is 1. The van der Waals surface area contributed by atoms with E-state index in [1.165, 1.54) is 0 Å². The molecule has 0 saturated carbocycles. The van der Waals surface area contributed by atoms with Crippen LogP contribution in [0.4, 0.5) is 0 Å². The highest BCUT2D eigenvalue weighted by atomic mass is 16.5. The first kappa shape index (κ1) is 17.3. The van der Waals surface area contributed by atoms with Gasteiger partial charge in [0.1, 0.15) is 0 Å². The summed E-state index contributed by atoms with van der Waals surface area (Å²) in [6.45, 7) is 5.38. The number of phenolic OH excluding ortho intramolecular Hbond substituents is 1. The number of phenols is 1. The Morgan fingerprint density at radius 2 is 2.20 bits per heavy atom. The van der Waals surface area contributed by atoms with Crippen molar-refractivity contribution in [1.82, 2.24) is 15.1 Å². The first-order valence-corrected chi connectivity index (χ1v) is 8.39. The number of ether oxygens (including phenoxy) is 2. The zero-order valence-corrected chi connectivity index (χ0v) is 14.7. The highest BCUT2D eigenvalue weighted by molar-refractivity contribution is 5.98. The van der Waals surface area contributed by atoms with E-state index < -0.39 is 0 Å². The SMILES string of the molecule is CCOc1cc(C2c3c(n[nH]c3C)C(=O)N2CCCOC)ccc1O. The highest BCUT2D eigenvalue weighted by Gasteiger charge is 2.41. The van der Waals surface area contributed by atoms with Crippen LogP contribution >= 0.6 is 0 Å². The quantitative estimate of drug-likeness (QED) is 0.753. The molecule has 1 atom stereocenters. The molecule has 0 aliphatic carbocycles. The minimum absolute atomic E-state index is 0.0880. The molecule has 0 radical (unpaired) electrons. The predicted molar refractivity (Wildman–Crippen MR) is 92.0 cm³/mol. The van der Waals surface area contributed by atoms with Crippen LogP contribution in [0.5, 0.6) is 11.5 Å². The van der Waals surface area contributed by atoms with Gasteiger partial charge in [0.2, 0.25) is 0 Å². The summed E-state index contributed by atoms with van der Waals surface area (Å²) in [4.78, 5) is 14.6. The van der Waals surface area contributed by atoms with Gasteiger partial charge in [-0.15, -0.1) is 0 Å². The molecule has 1 amide bonds. The number of nitrogens with zero attached hydrogens (tertiary/aromatic N) is 2. The zero-order valence-electron chi connectivity index (χ0n) is 14.7. The standard InChI is InChI=1S/C18H23N3O4/c1-4-25-14-10-12(6-7-13(14)22)17-15-11(2)19-20-16(15)18(23)21(17)8-5-9-24-3/h6-7,10,17,22H,4-5,8-9H2,1-3H3,(H,19,20). The molecule has 7 nitrogen and oxygen atoms in total. The molecule has 2 N–H and O–H groups in total. The summed E-state index contributed by atoms with van der Waals surface area (Å²) in [7, 11) is 1.65. The van der Waals surface area contributed by atoms with Crippen molar-refractivity contribution in [1.29, 1.82) is 0 Å². The molecule has 0 saturated heterocycles. The fourth-order valence-corrected chi connectivity index (χ4v) is 3.27. The Balaban J connectivity index is 2.01. The average Bonchev–Trinajstić information content (AvgIpc) is 3.10. The van der Waals surface area contributed by atoms with E-state index in [9.17, 15) is 9.90 Å². The maximum absolute atomic E-state index is 12.8. The second-order valence-electron chi connectivity index (χ2n) is 6.02. The summed E-state index contributed by atoms with van der Waals surface area (Å²) in [5.74, 6) is 0.412. The van der Waals surface area contributed by atoms with Gasteiger partial charge in [0.25, 0.3) is 5.91 Å². The molecule has 2 heterocycles. The van der Waals surface area contributed by atoms with E-state index in [1.807, 2.05) is 19.9 Å². The molecule has 3 rings (SSSR count). The number of aryl methyl sites for hydroxylation is 1. The van der Waals surface area contributed by atoms with Gasteiger partial charge < -0.3 is 19.5 Å². The van der Waals surface area contributed by atoms with E-state index >= 15 is 0 Å². The number of carbonyl (C=O) groups excluding carboxylic acids is 1. The maximum Gasteiger partial charge on any atom is 0.275 e. The Labute approximate surface area is 146 Å². The van der Waals surface area contributed by atoms with E-state index in [1.54, 1.807) is 24.1 Å². The largest absolute Gasteiger partial charge is 0.504 e. The Kier molecular flexibility index (Phi) is 4.94. The Bertz CT molecular complexity index is 772. The van der Waals surface area contributed by atoms with Crippen LogP contribution in [0.3, 0.4) is 0 Å². The number of rotatable bonds is 7. The fraction of sp³-hybridized carbons (Fsp3) is 0.444.